The minimum Gasteiger partial charge on any atom is -0.443 e. The molecule has 2 heterocycles. The lowest BCUT2D eigenvalue weighted by Gasteiger charge is -2.12. The maximum absolute atomic E-state index is 11.7. The third-order valence-electron chi connectivity index (χ3n) is 2.93. The van der Waals surface area contributed by atoms with Gasteiger partial charge in [-0.2, -0.15) is 0 Å². The van der Waals surface area contributed by atoms with E-state index in [1.54, 1.807) is 17.9 Å². The average molecular weight is 247 g/mol. The molecule has 1 fully saturated rings. The van der Waals surface area contributed by atoms with Crippen molar-refractivity contribution in [3.05, 3.63) is 24.1 Å². The van der Waals surface area contributed by atoms with E-state index >= 15 is 0 Å². The first-order valence-electron chi connectivity index (χ1n) is 5.73. The van der Waals surface area contributed by atoms with Crippen LogP contribution in [0.25, 0.3) is 11.1 Å². The van der Waals surface area contributed by atoms with Crippen molar-refractivity contribution in [2.75, 3.05) is 18.0 Å². The fraction of sp³-hybridized carbons (Fsp3) is 0.333. The number of oxazole rings is 1. The Bertz CT molecular complexity index is 608. The normalized spacial score (nSPS) is 19.6. The van der Waals surface area contributed by atoms with E-state index in [4.69, 9.17) is 14.9 Å². The maximum atomic E-state index is 11.7. The van der Waals surface area contributed by atoms with E-state index in [0.29, 0.717) is 24.6 Å². The molecule has 1 atom stereocenters. The minimum absolute atomic E-state index is 0.246. The topological polar surface area (TPSA) is 81.6 Å². The van der Waals surface area contributed by atoms with Crippen LogP contribution in [-0.2, 0) is 4.74 Å². The number of cyclic esters (lactones) is 1. The molecule has 1 amide bonds. The molecule has 6 heteroatoms. The molecule has 1 saturated heterocycles. The number of nitrogens with zero attached hydrogens (tertiary/aromatic N) is 2. The number of hydrogen-bond donors (Lipinski definition) is 1. The van der Waals surface area contributed by atoms with Gasteiger partial charge in [-0.1, -0.05) is 0 Å². The summed E-state index contributed by atoms with van der Waals surface area (Å²) in [7, 11) is 0. The summed E-state index contributed by atoms with van der Waals surface area (Å²) in [5, 5.41) is 0. The highest BCUT2D eigenvalue weighted by Crippen LogP contribution is 2.26. The molecule has 0 radical (unpaired) electrons. The predicted octanol–water partition coefficient (Wildman–Crippen LogP) is 1.42. The number of aromatic nitrogens is 1. The molecule has 1 aliphatic rings. The van der Waals surface area contributed by atoms with Crippen LogP contribution < -0.4 is 10.6 Å². The number of carbonyl (C=O) groups excluding carboxylic acids is 1. The van der Waals surface area contributed by atoms with E-state index < -0.39 is 0 Å². The van der Waals surface area contributed by atoms with E-state index in [1.807, 2.05) is 12.1 Å². The van der Waals surface area contributed by atoms with Crippen LogP contribution in [0.15, 0.2) is 22.6 Å². The number of aryl methyl sites for hydroxylation is 1. The molecule has 0 bridgehead atoms. The van der Waals surface area contributed by atoms with Gasteiger partial charge < -0.3 is 14.9 Å². The zero-order chi connectivity index (χ0) is 12.7. The molecule has 0 saturated carbocycles. The number of carbonyl (C=O) groups is 1. The van der Waals surface area contributed by atoms with E-state index in [9.17, 15) is 4.79 Å². The quantitative estimate of drug-likeness (QED) is 0.867. The molecule has 1 aliphatic heterocycles. The van der Waals surface area contributed by atoms with E-state index in [1.165, 1.54) is 0 Å². The van der Waals surface area contributed by atoms with Crippen molar-refractivity contribution in [3.8, 4) is 0 Å². The van der Waals surface area contributed by atoms with Crippen LogP contribution in [-0.4, -0.2) is 30.3 Å². The van der Waals surface area contributed by atoms with Gasteiger partial charge in [-0.25, -0.2) is 9.78 Å². The van der Waals surface area contributed by atoms with Gasteiger partial charge in [0.15, 0.2) is 11.5 Å². The zero-order valence-corrected chi connectivity index (χ0v) is 9.92. The lowest BCUT2D eigenvalue weighted by atomic mass is 10.2. The Labute approximate surface area is 103 Å². The van der Waals surface area contributed by atoms with E-state index in [0.717, 1.165) is 11.2 Å². The Balaban J connectivity index is 1.96. The number of hydrogen-bond acceptors (Lipinski definition) is 5. The zero-order valence-electron chi connectivity index (χ0n) is 9.92. The Morgan fingerprint density at radius 3 is 3.11 bits per heavy atom. The van der Waals surface area contributed by atoms with Crippen molar-refractivity contribution in [2.24, 2.45) is 5.73 Å². The molecule has 18 heavy (non-hydrogen) atoms. The van der Waals surface area contributed by atoms with Gasteiger partial charge in [0.05, 0.1) is 12.2 Å². The van der Waals surface area contributed by atoms with Crippen molar-refractivity contribution in [1.82, 2.24) is 4.98 Å². The first-order valence-corrected chi connectivity index (χ1v) is 5.73. The number of rotatable bonds is 2. The number of benzene rings is 1. The van der Waals surface area contributed by atoms with Crippen molar-refractivity contribution in [3.63, 3.8) is 0 Å². The number of nitrogens with two attached hydrogens (primary N) is 1. The molecule has 1 unspecified atom stereocenters. The molecular weight excluding hydrogens is 234 g/mol. The second-order valence-corrected chi connectivity index (χ2v) is 4.24. The maximum Gasteiger partial charge on any atom is 0.414 e. The fourth-order valence-corrected chi connectivity index (χ4v) is 2.05. The smallest absolute Gasteiger partial charge is 0.414 e. The Kier molecular flexibility index (Phi) is 2.45. The summed E-state index contributed by atoms with van der Waals surface area (Å²) < 4.78 is 10.6. The number of amides is 1. The molecule has 1 aromatic heterocycles. The lowest BCUT2D eigenvalue weighted by molar-refractivity contribution is 0.145. The van der Waals surface area contributed by atoms with Gasteiger partial charge in [-0.3, -0.25) is 4.90 Å². The number of anilines is 1. The van der Waals surface area contributed by atoms with Crippen molar-refractivity contribution >= 4 is 22.9 Å². The van der Waals surface area contributed by atoms with Gasteiger partial charge in [0.1, 0.15) is 11.6 Å². The first-order chi connectivity index (χ1) is 8.67. The second kappa shape index (κ2) is 3.99. The van der Waals surface area contributed by atoms with Crippen LogP contribution in [0.5, 0.6) is 0 Å². The molecule has 0 aliphatic carbocycles. The molecule has 94 valence electrons. The molecule has 2 aromatic rings. The monoisotopic (exact) mass is 247 g/mol. The molecule has 2 N–H and O–H groups in total. The molecule has 0 spiro atoms. The Morgan fingerprint density at radius 2 is 2.39 bits per heavy atom. The van der Waals surface area contributed by atoms with Crippen molar-refractivity contribution < 1.29 is 13.9 Å². The van der Waals surface area contributed by atoms with Gasteiger partial charge >= 0.3 is 6.09 Å². The highest BCUT2D eigenvalue weighted by molar-refractivity contribution is 5.92. The minimum atomic E-state index is -0.374. The third-order valence-corrected chi connectivity index (χ3v) is 2.93. The fourth-order valence-electron chi connectivity index (χ4n) is 2.05. The lowest BCUT2D eigenvalue weighted by Crippen LogP contribution is -2.27. The summed E-state index contributed by atoms with van der Waals surface area (Å²) in [4.78, 5) is 17.4. The molecule has 1 aromatic carbocycles. The van der Waals surface area contributed by atoms with Gasteiger partial charge in [-0.05, 0) is 12.1 Å². The number of fused-ring (bicyclic) bond motifs is 1. The standard InChI is InChI=1S/C12H13N3O3/c1-7-14-10-3-2-8(4-11(10)17-7)15-6-9(5-13)18-12(15)16/h2-4,9H,5-6,13H2,1H3. The van der Waals surface area contributed by atoms with Crippen molar-refractivity contribution in [1.29, 1.82) is 0 Å². The largest absolute Gasteiger partial charge is 0.443 e. The Morgan fingerprint density at radius 1 is 1.56 bits per heavy atom. The van der Waals surface area contributed by atoms with E-state index in [-0.39, 0.29) is 12.2 Å². The molecule has 6 nitrogen and oxygen atoms in total. The van der Waals surface area contributed by atoms with E-state index in [2.05, 4.69) is 4.98 Å². The summed E-state index contributed by atoms with van der Waals surface area (Å²) >= 11 is 0. The number of ether oxygens (including phenoxy) is 1. The van der Waals surface area contributed by atoms with Crippen LogP contribution in [0.1, 0.15) is 5.89 Å². The highest BCUT2D eigenvalue weighted by atomic mass is 16.6. The van der Waals surface area contributed by atoms with Crippen LogP contribution in [0.4, 0.5) is 10.5 Å². The highest BCUT2D eigenvalue weighted by Gasteiger charge is 2.31. The van der Waals surface area contributed by atoms with Crippen LogP contribution >= 0.6 is 0 Å². The van der Waals surface area contributed by atoms with Crippen LogP contribution in [0, 0.1) is 6.92 Å². The SMILES string of the molecule is Cc1nc2ccc(N3CC(CN)OC3=O)cc2o1. The Hall–Kier alpha value is -2.08. The van der Waals surface area contributed by atoms with Gasteiger partial charge in [0, 0.05) is 19.5 Å². The van der Waals surface area contributed by atoms with Gasteiger partial charge in [0.2, 0.25) is 0 Å². The summed E-state index contributed by atoms with van der Waals surface area (Å²) in [5.41, 5.74) is 7.67. The molecule has 3 rings (SSSR count). The third kappa shape index (κ3) is 1.70. The summed E-state index contributed by atoms with van der Waals surface area (Å²) in [6.45, 7) is 2.58. The summed E-state index contributed by atoms with van der Waals surface area (Å²) in [6, 6.07) is 5.43. The average Bonchev–Trinajstić information content (AvgIpc) is 2.89. The van der Waals surface area contributed by atoms with Crippen molar-refractivity contribution in [2.45, 2.75) is 13.0 Å². The molecular formula is C12H13N3O3. The summed E-state index contributed by atoms with van der Waals surface area (Å²) in [6.07, 6.45) is -0.620. The van der Waals surface area contributed by atoms with Crippen LogP contribution in [0.2, 0.25) is 0 Å². The summed E-state index contributed by atoms with van der Waals surface area (Å²) in [5.74, 6) is 0.603. The first kappa shape index (κ1) is 11.0. The van der Waals surface area contributed by atoms with Gasteiger partial charge in [-0.15, -0.1) is 0 Å². The second-order valence-electron chi connectivity index (χ2n) is 4.24. The van der Waals surface area contributed by atoms with Crippen LogP contribution in [0.3, 0.4) is 0 Å². The van der Waals surface area contributed by atoms with Gasteiger partial charge in [0.25, 0.3) is 0 Å². The predicted molar refractivity (Wildman–Crippen MR) is 65.4 cm³/mol.